The third kappa shape index (κ3) is 3.99. The van der Waals surface area contributed by atoms with E-state index in [9.17, 15) is 8.42 Å². The lowest BCUT2D eigenvalue weighted by Gasteiger charge is -2.35. The monoisotopic (exact) mass is 329 g/mol. The molecule has 5 heteroatoms. The van der Waals surface area contributed by atoms with E-state index in [0.29, 0.717) is 17.3 Å². The van der Waals surface area contributed by atoms with Crippen molar-refractivity contribution in [1.29, 1.82) is 0 Å². The summed E-state index contributed by atoms with van der Waals surface area (Å²) >= 11 is 6.12. The summed E-state index contributed by atoms with van der Waals surface area (Å²) in [4.78, 5) is 0.339. The van der Waals surface area contributed by atoms with E-state index in [-0.39, 0.29) is 5.41 Å². The van der Waals surface area contributed by atoms with Crippen molar-refractivity contribution in [2.75, 3.05) is 12.4 Å². The van der Waals surface area contributed by atoms with Crippen LogP contribution in [-0.4, -0.2) is 20.8 Å². The molecule has 0 amide bonds. The number of rotatable bonds is 5. The molecule has 0 aliphatic heterocycles. The topological polar surface area (TPSA) is 46.2 Å². The van der Waals surface area contributed by atoms with Crippen molar-refractivity contribution in [2.45, 2.75) is 50.8 Å². The van der Waals surface area contributed by atoms with Crippen LogP contribution in [0.3, 0.4) is 0 Å². The van der Waals surface area contributed by atoms with E-state index in [4.69, 9.17) is 11.6 Å². The van der Waals surface area contributed by atoms with Crippen molar-refractivity contribution < 1.29 is 8.42 Å². The molecule has 0 bridgehead atoms. The number of sulfonamides is 1. The Morgan fingerprint density at radius 1 is 1.14 bits per heavy atom. The van der Waals surface area contributed by atoms with Crippen LogP contribution >= 0.6 is 11.6 Å². The van der Waals surface area contributed by atoms with Gasteiger partial charge in [-0.3, -0.25) is 0 Å². The quantitative estimate of drug-likeness (QED) is 0.836. The van der Waals surface area contributed by atoms with Crippen LogP contribution < -0.4 is 4.72 Å². The Balaban J connectivity index is 2.11. The Hall–Kier alpha value is -0.580. The summed E-state index contributed by atoms with van der Waals surface area (Å²) in [6.07, 6.45) is 5.51. The second-order valence-electron chi connectivity index (χ2n) is 6.26. The molecule has 0 unspecified atom stereocenters. The van der Waals surface area contributed by atoms with Crippen LogP contribution in [0, 0.1) is 19.3 Å². The van der Waals surface area contributed by atoms with E-state index in [0.717, 1.165) is 36.8 Å². The molecule has 1 fully saturated rings. The number of hydrogen-bond donors (Lipinski definition) is 1. The largest absolute Gasteiger partial charge is 0.240 e. The third-order valence-corrected chi connectivity index (χ3v) is 6.59. The molecule has 0 saturated heterocycles. The van der Waals surface area contributed by atoms with Gasteiger partial charge < -0.3 is 0 Å². The molecule has 21 heavy (non-hydrogen) atoms. The standard InChI is InChI=1S/C16H24ClNO2S/c1-13-6-7-15(10-14(13)2)21(19,20)18-12-16(11-17)8-4-3-5-9-16/h6-7,10,18H,3-5,8-9,11-12H2,1-2H3. The first-order chi connectivity index (χ1) is 9.88. The zero-order chi connectivity index (χ0) is 15.5. The summed E-state index contributed by atoms with van der Waals surface area (Å²) in [6, 6.07) is 5.24. The highest BCUT2D eigenvalue weighted by Crippen LogP contribution is 2.37. The minimum absolute atomic E-state index is 0.0768. The van der Waals surface area contributed by atoms with Gasteiger partial charge in [0.1, 0.15) is 0 Å². The van der Waals surface area contributed by atoms with Gasteiger partial charge in [0.15, 0.2) is 0 Å². The maximum Gasteiger partial charge on any atom is 0.240 e. The van der Waals surface area contributed by atoms with Gasteiger partial charge in [0, 0.05) is 12.4 Å². The van der Waals surface area contributed by atoms with Crippen molar-refractivity contribution in [2.24, 2.45) is 5.41 Å². The molecule has 1 saturated carbocycles. The highest BCUT2D eigenvalue weighted by atomic mass is 35.5. The molecule has 1 aromatic carbocycles. The van der Waals surface area contributed by atoms with Gasteiger partial charge in [-0.25, -0.2) is 13.1 Å². The zero-order valence-corrected chi connectivity index (χ0v) is 14.4. The fourth-order valence-corrected chi connectivity index (χ4v) is 4.48. The number of benzene rings is 1. The highest BCUT2D eigenvalue weighted by molar-refractivity contribution is 7.89. The van der Waals surface area contributed by atoms with Gasteiger partial charge in [-0.05, 0) is 55.4 Å². The predicted molar refractivity (Wildman–Crippen MR) is 87.3 cm³/mol. The van der Waals surface area contributed by atoms with Crippen molar-refractivity contribution in [3.8, 4) is 0 Å². The summed E-state index contributed by atoms with van der Waals surface area (Å²) in [5, 5.41) is 0. The molecule has 3 nitrogen and oxygen atoms in total. The molecule has 0 aromatic heterocycles. The Morgan fingerprint density at radius 3 is 2.38 bits per heavy atom. The number of hydrogen-bond acceptors (Lipinski definition) is 2. The van der Waals surface area contributed by atoms with E-state index in [2.05, 4.69) is 4.72 Å². The zero-order valence-electron chi connectivity index (χ0n) is 12.8. The predicted octanol–water partition coefficient (Wildman–Crippen LogP) is 3.77. The van der Waals surface area contributed by atoms with Gasteiger partial charge in [0.05, 0.1) is 4.90 Å². The molecule has 0 radical (unpaired) electrons. The number of nitrogens with one attached hydrogen (secondary N) is 1. The fraction of sp³-hybridized carbons (Fsp3) is 0.625. The Bertz CT molecular complexity index is 592. The normalized spacial score (nSPS) is 18.6. The van der Waals surface area contributed by atoms with Gasteiger partial charge >= 0.3 is 0 Å². The molecule has 118 valence electrons. The maximum atomic E-state index is 12.4. The lowest BCUT2D eigenvalue weighted by molar-refractivity contribution is 0.223. The lowest BCUT2D eigenvalue weighted by Crippen LogP contribution is -2.40. The van der Waals surface area contributed by atoms with Crippen molar-refractivity contribution in [3.63, 3.8) is 0 Å². The lowest BCUT2D eigenvalue weighted by atomic mass is 9.76. The van der Waals surface area contributed by atoms with Crippen LogP contribution in [0.25, 0.3) is 0 Å². The van der Waals surface area contributed by atoms with Crippen molar-refractivity contribution in [1.82, 2.24) is 4.72 Å². The van der Waals surface area contributed by atoms with Gasteiger partial charge in [0.2, 0.25) is 10.0 Å². The van der Waals surface area contributed by atoms with E-state index in [1.807, 2.05) is 19.9 Å². The second-order valence-corrected chi connectivity index (χ2v) is 8.30. The molecule has 1 aliphatic rings. The first-order valence-corrected chi connectivity index (χ1v) is 9.53. The van der Waals surface area contributed by atoms with Crippen LogP contribution in [0.1, 0.15) is 43.2 Å². The molecule has 1 aliphatic carbocycles. The molecule has 1 N–H and O–H groups in total. The summed E-state index contributed by atoms with van der Waals surface area (Å²) in [7, 11) is -3.46. The van der Waals surface area contributed by atoms with E-state index in [1.54, 1.807) is 12.1 Å². The Morgan fingerprint density at radius 2 is 1.81 bits per heavy atom. The molecule has 2 rings (SSSR count). The SMILES string of the molecule is Cc1ccc(S(=O)(=O)NCC2(CCl)CCCCC2)cc1C. The van der Waals surface area contributed by atoms with E-state index < -0.39 is 10.0 Å². The average Bonchev–Trinajstić information content (AvgIpc) is 2.49. The summed E-state index contributed by atoms with van der Waals surface area (Å²) in [6.45, 7) is 4.34. The maximum absolute atomic E-state index is 12.4. The molecule has 0 spiro atoms. The van der Waals surface area contributed by atoms with Crippen LogP contribution in [-0.2, 0) is 10.0 Å². The number of alkyl halides is 1. The van der Waals surface area contributed by atoms with E-state index >= 15 is 0 Å². The molecule has 0 atom stereocenters. The minimum Gasteiger partial charge on any atom is -0.211 e. The van der Waals surface area contributed by atoms with Crippen LogP contribution in [0.2, 0.25) is 0 Å². The number of halogens is 1. The second kappa shape index (κ2) is 6.67. The van der Waals surface area contributed by atoms with Gasteiger partial charge in [-0.1, -0.05) is 25.3 Å². The van der Waals surface area contributed by atoms with Crippen molar-refractivity contribution >= 4 is 21.6 Å². The summed E-state index contributed by atoms with van der Waals surface area (Å²) < 4.78 is 27.7. The Kier molecular flexibility index (Phi) is 5.33. The van der Waals surface area contributed by atoms with Crippen LogP contribution in [0.4, 0.5) is 0 Å². The van der Waals surface area contributed by atoms with Crippen molar-refractivity contribution in [3.05, 3.63) is 29.3 Å². The first kappa shape index (κ1) is 16.8. The summed E-state index contributed by atoms with van der Waals surface area (Å²) in [5.41, 5.74) is 2.01. The molecular weight excluding hydrogens is 306 g/mol. The minimum atomic E-state index is -3.46. The summed E-state index contributed by atoms with van der Waals surface area (Å²) in [5.74, 6) is 0.516. The first-order valence-electron chi connectivity index (χ1n) is 7.51. The molecule has 0 heterocycles. The molecule has 1 aromatic rings. The Labute approximate surface area is 133 Å². The third-order valence-electron chi connectivity index (χ3n) is 4.62. The number of aryl methyl sites for hydroxylation is 2. The van der Waals surface area contributed by atoms with E-state index in [1.165, 1.54) is 6.42 Å². The smallest absolute Gasteiger partial charge is 0.211 e. The van der Waals surface area contributed by atoms with Crippen LogP contribution in [0.5, 0.6) is 0 Å². The average molecular weight is 330 g/mol. The van der Waals surface area contributed by atoms with Gasteiger partial charge in [-0.2, -0.15) is 0 Å². The van der Waals surface area contributed by atoms with Gasteiger partial charge in [0.25, 0.3) is 0 Å². The van der Waals surface area contributed by atoms with Crippen LogP contribution in [0.15, 0.2) is 23.1 Å². The van der Waals surface area contributed by atoms with Gasteiger partial charge in [-0.15, -0.1) is 11.6 Å². The molecular formula is C16H24ClNO2S. The highest BCUT2D eigenvalue weighted by Gasteiger charge is 2.32. The fourth-order valence-electron chi connectivity index (χ4n) is 2.87.